The molecule has 0 spiro atoms. The third-order valence-electron chi connectivity index (χ3n) is 2.59. The zero-order valence-electron chi connectivity index (χ0n) is 10.5. The molecule has 0 amide bonds. The second-order valence-corrected chi connectivity index (χ2v) is 4.34. The van der Waals surface area contributed by atoms with Crippen LogP contribution in [0.1, 0.15) is 36.9 Å². The van der Waals surface area contributed by atoms with Gasteiger partial charge in [0.1, 0.15) is 17.8 Å². The predicted octanol–water partition coefficient (Wildman–Crippen LogP) is 2.45. The van der Waals surface area contributed by atoms with Crippen molar-refractivity contribution in [3.8, 4) is 11.5 Å². The molecule has 2 aromatic heterocycles. The van der Waals surface area contributed by atoms with Crippen LogP contribution in [0.2, 0.25) is 0 Å². The molecule has 0 aliphatic carbocycles. The maximum atomic E-state index is 5.96. The number of aryl methyl sites for hydroxylation is 2. The van der Waals surface area contributed by atoms with E-state index in [1.807, 2.05) is 6.92 Å². The first-order valence-corrected chi connectivity index (χ1v) is 5.55. The highest BCUT2D eigenvalue weighted by molar-refractivity contribution is 5.54. The van der Waals surface area contributed by atoms with Gasteiger partial charge in [-0.3, -0.25) is 0 Å². The van der Waals surface area contributed by atoms with Crippen LogP contribution in [0.3, 0.4) is 0 Å². The van der Waals surface area contributed by atoms with E-state index in [4.69, 9.17) is 10.2 Å². The van der Waals surface area contributed by atoms with E-state index < -0.39 is 0 Å². The lowest BCUT2D eigenvalue weighted by Gasteiger charge is -2.12. The molecule has 2 N–H and O–H groups in total. The van der Waals surface area contributed by atoms with Gasteiger partial charge in [0.05, 0.1) is 0 Å². The van der Waals surface area contributed by atoms with Gasteiger partial charge < -0.3 is 10.2 Å². The number of hydrogen-bond donors (Lipinski definition) is 1. The van der Waals surface area contributed by atoms with Gasteiger partial charge in [-0.1, -0.05) is 13.8 Å². The highest BCUT2D eigenvalue weighted by Gasteiger charge is 2.15. The minimum absolute atomic E-state index is 0.308. The minimum atomic E-state index is 0.308. The van der Waals surface area contributed by atoms with Gasteiger partial charge >= 0.3 is 0 Å². The lowest BCUT2D eigenvalue weighted by molar-refractivity contribution is 0.521. The van der Waals surface area contributed by atoms with E-state index in [0.29, 0.717) is 29.1 Å². The number of anilines is 1. The van der Waals surface area contributed by atoms with Crippen molar-refractivity contribution in [3.05, 3.63) is 23.4 Å². The first kappa shape index (κ1) is 11.6. The van der Waals surface area contributed by atoms with E-state index >= 15 is 0 Å². The Morgan fingerprint density at radius 3 is 2.35 bits per heavy atom. The van der Waals surface area contributed by atoms with Gasteiger partial charge in [-0.05, 0) is 12.8 Å². The molecule has 0 atom stereocenters. The molecule has 0 saturated heterocycles. The second-order valence-electron chi connectivity index (χ2n) is 4.34. The largest absolute Gasteiger partial charge is 0.449 e. The van der Waals surface area contributed by atoms with Crippen molar-refractivity contribution in [2.45, 2.75) is 33.6 Å². The van der Waals surface area contributed by atoms with Crippen molar-refractivity contribution in [2.24, 2.45) is 0 Å². The molecule has 5 heteroatoms. The van der Waals surface area contributed by atoms with Gasteiger partial charge in [-0.2, -0.15) is 0 Å². The molecule has 0 aliphatic rings. The van der Waals surface area contributed by atoms with Gasteiger partial charge in [-0.25, -0.2) is 15.0 Å². The molecule has 2 aromatic rings. The molecule has 0 unspecified atom stereocenters. The maximum absolute atomic E-state index is 5.96. The summed E-state index contributed by atoms with van der Waals surface area (Å²) in [6.45, 7) is 7.86. The van der Waals surface area contributed by atoms with Crippen LogP contribution in [0.5, 0.6) is 0 Å². The average molecular weight is 232 g/mol. The quantitative estimate of drug-likeness (QED) is 0.860. The molecule has 0 bridgehead atoms. The molecule has 17 heavy (non-hydrogen) atoms. The maximum Gasteiger partial charge on any atom is 0.191 e. The summed E-state index contributed by atoms with van der Waals surface area (Å²) in [5.41, 5.74) is 8.46. The third-order valence-corrected chi connectivity index (χ3v) is 2.59. The van der Waals surface area contributed by atoms with E-state index in [9.17, 15) is 0 Å². The monoisotopic (exact) mass is 232 g/mol. The SMILES string of the molecule is Cc1nc(-c2nc(C)c(C(C)C)c(N)n2)co1. The summed E-state index contributed by atoms with van der Waals surface area (Å²) < 4.78 is 5.14. The van der Waals surface area contributed by atoms with Crippen LogP contribution in [-0.4, -0.2) is 15.0 Å². The van der Waals surface area contributed by atoms with Crippen LogP contribution < -0.4 is 5.73 Å². The summed E-state index contributed by atoms with van der Waals surface area (Å²) in [7, 11) is 0. The molecule has 90 valence electrons. The van der Waals surface area contributed by atoms with Crippen LogP contribution in [0.15, 0.2) is 10.7 Å². The Hall–Kier alpha value is -1.91. The van der Waals surface area contributed by atoms with Gasteiger partial charge in [0, 0.05) is 18.2 Å². The van der Waals surface area contributed by atoms with E-state index in [-0.39, 0.29) is 0 Å². The van der Waals surface area contributed by atoms with Gasteiger partial charge in [0.2, 0.25) is 0 Å². The van der Waals surface area contributed by atoms with Crippen LogP contribution in [0, 0.1) is 13.8 Å². The molecule has 0 aromatic carbocycles. The Morgan fingerprint density at radius 1 is 1.18 bits per heavy atom. The number of nitrogens with zero attached hydrogens (tertiary/aromatic N) is 3. The first-order chi connectivity index (χ1) is 7.99. The van der Waals surface area contributed by atoms with E-state index in [2.05, 4.69) is 28.8 Å². The van der Waals surface area contributed by atoms with Crippen molar-refractivity contribution >= 4 is 5.82 Å². The topological polar surface area (TPSA) is 77.8 Å². The van der Waals surface area contributed by atoms with Crippen LogP contribution in [0.4, 0.5) is 5.82 Å². The number of rotatable bonds is 2. The van der Waals surface area contributed by atoms with Gasteiger partial charge in [0.25, 0.3) is 0 Å². The van der Waals surface area contributed by atoms with Crippen LogP contribution >= 0.6 is 0 Å². The zero-order valence-corrected chi connectivity index (χ0v) is 10.5. The van der Waals surface area contributed by atoms with Crippen LogP contribution in [-0.2, 0) is 0 Å². The fourth-order valence-corrected chi connectivity index (χ4v) is 1.90. The second kappa shape index (κ2) is 4.16. The van der Waals surface area contributed by atoms with Crippen molar-refractivity contribution in [2.75, 3.05) is 5.73 Å². The van der Waals surface area contributed by atoms with E-state index in [1.165, 1.54) is 0 Å². The molecular formula is C12H16N4O. The molecular weight excluding hydrogens is 216 g/mol. The zero-order chi connectivity index (χ0) is 12.6. The Morgan fingerprint density at radius 2 is 1.88 bits per heavy atom. The van der Waals surface area contributed by atoms with Crippen molar-refractivity contribution in [1.29, 1.82) is 0 Å². The number of oxazole rings is 1. The number of hydrogen-bond acceptors (Lipinski definition) is 5. The van der Waals surface area contributed by atoms with E-state index in [0.717, 1.165) is 11.3 Å². The summed E-state index contributed by atoms with van der Waals surface area (Å²) in [4.78, 5) is 12.9. The summed E-state index contributed by atoms with van der Waals surface area (Å²) in [5, 5.41) is 0. The smallest absolute Gasteiger partial charge is 0.191 e. The predicted molar refractivity (Wildman–Crippen MR) is 65.5 cm³/mol. The summed E-state index contributed by atoms with van der Waals surface area (Å²) >= 11 is 0. The average Bonchev–Trinajstić information content (AvgIpc) is 2.63. The highest BCUT2D eigenvalue weighted by atomic mass is 16.3. The number of nitrogens with two attached hydrogens (primary N) is 1. The van der Waals surface area contributed by atoms with Gasteiger partial charge in [0.15, 0.2) is 11.7 Å². The molecule has 0 fully saturated rings. The third kappa shape index (κ3) is 2.13. The number of nitrogen functional groups attached to an aromatic ring is 1. The van der Waals surface area contributed by atoms with Crippen LogP contribution in [0.25, 0.3) is 11.5 Å². The molecule has 2 rings (SSSR count). The van der Waals surface area contributed by atoms with Crippen molar-refractivity contribution < 1.29 is 4.42 Å². The first-order valence-electron chi connectivity index (χ1n) is 5.55. The standard InChI is InChI=1S/C12H16N4O/c1-6(2)10-7(3)14-12(16-11(10)13)9-5-17-8(4)15-9/h5-6H,1-4H3,(H2,13,14,16). The fourth-order valence-electron chi connectivity index (χ4n) is 1.90. The Kier molecular flexibility index (Phi) is 2.83. The Labute approximate surface area is 100 Å². The lowest BCUT2D eigenvalue weighted by Crippen LogP contribution is -2.06. The minimum Gasteiger partial charge on any atom is -0.449 e. The Bertz CT molecular complexity index is 522. The molecule has 0 radical (unpaired) electrons. The normalized spacial score (nSPS) is 11.1. The lowest BCUT2D eigenvalue weighted by atomic mass is 10.0. The van der Waals surface area contributed by atoms with Crippen molar-refractivity contribution in [3.63, 3.8) is 0 Å². The van der Waals surface area contributed by atoms with E-state index in [1.54, 1.807) is 13.2 Å². The van der Waals surface area contributed by atoms with Gasteiger partial charge in [-0.15, -0.1) is 0 Å². The van der Waals surface area contributed by atoms with Crippen molar-refractivity contribution in [1.82, 2.24) is 15.0 Å². The summed E-state index contributed by atoms with van der Waals surface area (Å²) in [6.07, 6.45) is 1.54. The number of aromatic nitrogens is 3. The molecule has 0 saturated carbocycles. The highest BCUT2D eigenvalue weighted by Crippen LogP contribution is 2.25. The molecule has 0 aliphatic heterocycles. The summed E-state index contributed by atoms with van der Waals surface area (Å²) in [5.74, 6) is 1.93. The molecule has 5 nitrogen and oxygen atoms in total. The fraction of sp³-hybridized carbons (Fsp3) is 0.417. The summed E-state index contributed by atoms with van der Waals surface area (Å²) in [6, 6.07) is 0. The Balaban J connectivity index is 2.52. The molecule has 2 heterocycles.